The molecule has 2 heterocycles. The molecular formula is C6H4BF3N3-. The van der Waals surface area contributed by atoms with Crippen molar-refractivity contribution in [3.63, 3.8) is 0 Å². The summed E-state index contributed by atoms with van der Waals surface area (Å²) >= 11 is 0. The first kappa shape index (κ1) is 8.09. The quantitative estimate of drug-likeness (QED) is 0.675. The van der Waals surface area contributed by atoms with Crippen LogP contribution < -0.4 is 5.46 Å². The van der Waals surface area contributed by atoms with E-state index in [1.165, 1.54) is 6.20 Å². The summed E-state index contributed by atoms with van der Waals surface area (Å²) in [5, 5.41) is 6.01. The van der Waals surface area contributed by atoms with Crippen molar-refractivity contribution in [3.05, 3.63) is 18.5 Å². The van der Waals surface area contributed by atoms with Crippen molar-refractivity contribution in [3.8, 4) is 0 Å². The summed E-state index contributed by atoms with van der Waals surface area (Å²) in [4.78, 5) is 3.61. The Kier molecular flexibility index (Phi) is 1.54. The second kappa shape index (κ2) is 2.48. The van der Waals surface area contributed by atoms with Crippen molar-refractivity contribution in [2.75, 3.05) is 0 Å². The van der Waals surface area contributed by atoms with Crippen molar-refractivity contribution < 1.29 is 12.9 Å². The fourth-order valence-electron chi connectivity index (χ4n) is 1.03. The highest BCUT2D eigenvalue weighted by Gasteiger charge is 2.26. The van der Waals surface area contributed by atoms with Gasteiger partial charge >= 0.3 is 6.98 Å². The first-order chi connectivity index (χ1) is 6.07. The Morgan fingerprint density at radius 3 is 2.69 bits per heavy atom. The molecule has 0 unspecified atom stereocenters. The van der Waals surface area contributed by atoms with Crippen LogP contribution in [0.5, 0.6) is 0 Å². The average Bonchev–Trinajstić information content (AvgIpc) is 2.47. The van der Waals surface area contributed by atoms with Crippen molar-refractivity contribution >= 4 is 23.5 Å². The third kappa shape index (κ3) is 1.37. The molecule has 2 aromatic rings. The SMILES string of the molecule is F[B-](F)(F)c1cnc2cn[nH]c2c1. The number of pyridine rings is 1. The van der Waals surface area contributed by atoms with Gasteiger partial charge in [-0.1, -0.05) is 11.5 Å². The number of aromatic nitrogens is 3. The molecule has 2 aromatic heterocycles. The van der Waals surface area contributed by atoms with E-state index in [1.807, 2.05) is 0 Å². The molecule has 68 valence electrons. The molecule has 3 nitrogen and oxygen atoms in total. The van der Waals surface area contributed by atoms with E-state index in [4.69, 9.17) is 0 Å². The molecule has 0 aliphatic carbocycles. The van der Waals surface area contributed by atoms with Crippen LogP contribution in [0.15, 0.2) is 18.5 Å². The molecular weight excluding hydrogens is 182 g/mol. The molecule has 0 aromatic carbocycles. The zero-order valence-electron chi connectivity index (χ0n) is 6.34. The van der Waals surface area contributed by atoms with Gasteiger partial charge in [0.25, 0.3) is 0 Å². The lowest BCUT2D eigenvalue weighted by Crippen LogP contribution is -2.34. The Labute approximate surface area is 71.0 Å². The van der Waals surface area contributed by atoms with Crippen LogP contribution >= 0.6 is 0 Å². The van der Waals surface area contributed by atoms with Crippen molar-refractivity contribution in [1.82, 2.24) is 15.2 Å². The van der Waals surface area contributed by atoms with E-state index >= 15 is 0 Å². The van der Waals surface area contributed by atoms with Gasteiger partial charge in [0, 0.05) is 6.20 Å². The first-order valence-electron chi connectivity index (χ1n) is 3.56. The van der Waals surface area contributed by atoms with Crippen LogP contribution in [-0.2, 0) is 0 Å². The average molecular weight is 186 g/mol. The number of fused-ring (bicyclic) bond motifs is 1. The van der Waals surface area contributed by atoms with Crippen LogP contribution in [0, 0.1) is 0 Å². The number of hydrogen-bond donors (Lipinski definition) is 1. The molecule has 1 N–H and O–H groups in total. The second-order valence-corrected chi connectivity index (χ2v) is 2.65. The van der Waals surface area contributed by atoms with Gasteiger partial charge in [-0.15, -0.1) is 0 Å². The lowest BCUT2D eigenvalue weighted by Gasteiger charge is -2.13. The standard InChI is InChI=1S/C6H4BF3N3/c8-7(9,10)4-1-5-6(11-2-4)3-12-13-5/h1-3H,(H,12,13)/q-1. The molecule has 0 saturated heterocycles. The number of halogens is 3. The van der Waals surface area contributed by atoms with Gasteiger partial charge in [0.05, 0.1) is 11.7 Å². The fraction of sp³-hybridized carbons (Fsp3) is 0. The minimum atomic E-state index is -4.98. The van der Waals surface area contributed by atoms with Crippen molar-refractivity contribution in [1.29, 1.82) is 0 Å². The smallest absolute Gasteiger partial charge is 0.445 e. The van der Waals surface area contributed by atoms with E-state index in [0.717, 1.165) is 12.3 Å². The summed E-state index contributed by atoms with van der Waals surface area (Å²) in [5.74, 6) is 0. The van der Waals surface area contributed by atoms with E-state index < -0.39 is 12.4 Å². The Hall–Kier alpha value is -1.53. The summed E-state index contributed by atoms with van der Waals surface area (Å²) in [6.45, 7) is -4.98. The van der Waals surface area contributed by atoms with E-state index in [-0.39, 0.29) is 0 Å². The predicted octanol–water partition coefficient (Wildman–Crippen LogP) is 1.01. The number of hydrogen-bond acceptors (Lipinski definition) is 2. The summed E-state index contributed by atoms with van der Waals surface area (Å²) in [5.41, 5.74) is 0.0252. The molecule has 0 bridgehead atoms. The minimum absolute atomic E-state index is 0.303. The molecule has 0 aliphatic rings. The van der Waals surface area contributed by atoms with E-state index in [2.05, 4.69) is 15.2 Å². The van der Waals surface area contributed by atoms with Crippen LogP contribution in [0.1, 0.15) is 0 Å². The predicted molar refractivity (Wildman–Crippen MR) is 42.6 cm³/mol. The normalized spacial score (nSPS) is 12.2. The van der Waals surface area contributed by atoms with Gasteiger partial charge in [-0.3, -0.25) is 10.1 Å². The van der Waals surface area contributed by atoms with Crippen molar-refractivity contribution in [2.24, 2.45) is 0 Å². The van der Waals surface area contributed by atoms with Crippen LogP contribution in [0.25, 0.3) is 11.0 Å². The second-order valence-electron chi connectivity index (χ2n) is 2.65. The summed E-state index contributed by atoms with van der Waals surface area (Å²) in [6.07, 6.45) is 2.19. The van der Waals surface area contributed by atoms with Gasteiger partial charge in [0.1, 0.15) is 5.52 Å². The monoisotopic (exact) mass is 186 g/mol. The van der Waals surface area contributed by atoms with E-state index in [9.17, 15) is 12.9 Å². The summed E-state index contributed by atoms with van der Waals surface area (Å²) < 4.78 is 36.6. The van der Waals surface area contributed by atoms with Gasteiger partial charge < -0.3 is 12.9 Å². The summed E-state index contributed by atoms with van der Waals surface area (Å²) in [7, 11) is 0. The Balaban J connectivity index is 2.61. The van der Waals surface area contributed by atoms with Gasteiger partial charge in [0.15, 0.2) is 0 Å². The lowest BCUT2D eigenvalue weighted by molar-refractivity contribution is 0.501. The van der Waals surface area contributed by atoms with E-state index in [1.54, 1.807) is 0 Å². The highest BCUT2D eigenvalue weighted by atomic mass is 19.4. The largest absolute Gasteiger partial charge is 0.511 e. The fourth-order valence-corrected chi connectivity index (χ4v) is 1.03. The van der Waals surface area contributed by atoms with Gasteiger partial charge in [-0.05, 0) is 0 Å². The molecule has 0 aliphatic heterocycles. The number of H-pyrrole nitrogens is 1. The highest BCUT2D eigenvalue weighted by Crippen LogP contribution is 2.11. The van der Waals surface area contributed by atoms with Gasteiger partial charge in [-0.25, -0.2) is 0 Å². The number of rotatable bonds is 1. The van der Waals surface area contributed by atoms with Crippen molar-refractivity contribution in [2.45, 2.75) is 0 Å². The topological polar surface area (TPSA) is 41.6 Å². The third-order valence-corrected chi connectivity index (χ3v) is 1.69. The van der Waals surface area contributed by atoms with Crippen LogP contribution in [-0.4, -0.2) is 22.2 Å². The Morgan fingerprint density at radius 2 is 2.00 bits per heavy atom. The Bertz CT molecular complexity index is 436. The molecule has 0 fully saturated rings. The minimum Gasteiger partial charge on any atom is -0.445 e. The number of nitrogens with zero attached hydrogens (tertiary/aromatic N) is 2. The zero-order valence-corrected chi connectivity index (χ0v) is 6.34. The van der Waals surface area contributed by atoms with Gasteiger partial charge in [0.2, 0.25) is 0 Å². The zero-order chi connectivity index (χ0) is 9.47. The maximum absolute atomic E-state index is 12.2. The molecule has 13 heavy (non-hydrogen) atoms. The number of nitrogens with one attached hydrogen (secondary N) is 1. The molecule has 7 heteroatoms. The van der Waals surface area contributed by atoms with Gasteiger partial charge in [-0.2, -0.15) is 5.10 Å². The van der Waals surface area contributed by atoms with Crippen LogP contribution in [0.2, 0.25) is 0 Å². The molecule has 0 atom stereocenters. The maximum atomic E-state index is 12.2. The molecule has 0 radical (unpaired) electrons. The maximum Gasteiger partial charge on any atom is 0.511 e. The van der Waals surface area contributed by atoms with Crippen LogP contribution in [0.3, 0.4) is 0 Å². The van der Waals surface area contributed by atoms with Crippen LogP contribution in [0.4, 0.5) is 12.9 Å². The molecule has 0 amide bonds. The Morgan fingerprint density at radius 1 is 1.23 bits per heavy atom. The molecule has 0 saturated carbocycles. The first-order valence-corrected chi connectivity index (χ1v) is 3.56. The highest BCUT2D eigenvalue weighted by molar-refractivity contribution is 6.73. The molecule has 0 spiro atoms. The third-order valence-electron chi connectivity index (χ3n) is 1.69. The lowest BCUT2D eigenvalue weighted by atomic mass is 9.81. The number of aromatic amines is 1. The summed E-state index contributed by atoms with van der Waals surface area (Å²) in [6, 6.07) is 1.01. The van der Waals surface area contributed by atoms with E-state index in [0.29, 0.717) is 11.0 Å². The molecule has 2 rings (SSSR count).